The molecule has 5 rings (SSSR count). The summed E-state index contributed by atoms with van der Waals surface area (Å²) in [6.07, 6.45) is 2.16. The minimum atomic E-state index is 0.416. The average molecular weight is 375 g/mol. The Kier molecular flexibility index (Phi) is 4.18. The molecule has 2 heterocycles. The molecule has 0 spiro atoms. The number of hydrogen-bond acceptors (Lipinski definition) is 1. The predicted molar refractivity (Wildman–Crippen MR) is 114 cm³/mol. The van der Waals surface area contributed by atoms with Crippen molar-refractivity contribution in [2.75, 3.05) is 6.54 Å². The van der Waals surface area contributed by atoms with E-state index in [0.29, 0.717) is 6.04 Å². The number of rotatable bonds is 3. The summed E-state index contributed by atoms with van der Waals surface area (Å²) in [5.41, 5.74) is 5.44. The molecule has 0 radical (unpaired) electrons. The molecular formula is C24H23ClN2. The molecule has 0 saturated carbocycles. The Labute approximate surface area is 164 Å². The van der Waals surface area contributed by atoms with Gasteiger partial charge >= 0.3 is 0 Å². The highest BCUT2D eigenvalue weighted by Gasteiger charge is 2.29. The fourth-order valence-electron chi connectivity index (χ4n) is 4.69. The average Bonchev–Trinajstić information content (AvgIpc) is 3.06. The predicted octanol–water partition coefficient (Wildman–Crippen LogP) is 6.48. The van der Waals surface area contributed by atoms with Gasteiger partial charge in [0.05, 0.1) is 6.04 Å². The topological polar surface area (TPSA) is 19.0 Å². The Bertz CT molecular complexity index is 1120. The number of hydrogen-bond donors (Lipinski definition) is 1. The quantitative estimate of drug-likeness (QED) is 0.434. The molecule has 0 fully saturated rings. The van der Waals surface area contributed by atoms with Gasteiger partial charge in [0.2, 0.25) is 0 Å². The molecule has 0 aliphatic carbocycles. The number of H-pyrrole nitrogens is 1. The first kappa shape index (κ1) is 16.9. The number of aromatic amines is 1. The first-order chi connectivity index (χ1) is 13.2. The van der Waals surface area contributed by atoms with Gasteiger partial charge in [-0.25, -0.2) is 0 Å². The number of nitrogens with zero attached hydrogens (tertiary/aromatic N) is 1. The van der Waals surface area contributed by atoms with Crippen molar-refractivity contribution in [3.8, 4) is 0 Å². The zero-order valence-electron chi connectivity index (χ0n) is 15.5. The molecule has 0 amide bonds. The SMILES string of the molecule is CC[C@@H]1c2[nH]c3ccc(Cl)cc3c2CCN1Cc1cccc2ccccc12. The second kappa shape index (κ2) is 6.70. The van der Waals surface area contributed by atoms with Crippen LogP contribution in [0.5, 0.6) is 0 Å². The third-order valence-electron chi connectivity index (χ3n) is 5.96. The molecule has 2 nitrogen and oxygen atoms in total. The fourth-order valence-corrected chi connectivity index (χ4v) is 4.86. The number of fused-ring (bicyclic) bond motifs is 4. The minimum absolute atomic E-state index is 0.416. The van der Waals surface area contributed by atoms with Crippen LogP contribution < -0.4 is 0 Å². The molecule has 1 atom stereocenters. The number of aromatic nitrogens is 1. The highest BCUT2D eigenvalue weighted by atomic mass is 35.5. The monoisotopic (exact) mass is 374 g/mol. The van der Waals surface area contributed by atoms with Gasteiger partial charge in [-0.2, -0.15) is 0 Å². The van der Waals surface area contributed by atoms with Crippen LogP contribution in [0, 0.1) is 0 Å². The van der Waals surface area contributed by atoms with Gasteiger partial charge < -0.3 is 4.98 Å². The van der Waals surface area contributed by atoms with Gasteiger partial charge in [-0.3, -0.25) is 4.90 Å². The van der Waals surface area contributed by atoms with E-state index >= 15 is 0 Å². The molecule has 27 heavy (non-hydrogen) atoms. The maximum Gasteiger partial charge on any atom is 0.0502 e. The summed E-state index contributed by atoms with van der Waals surface area (Å²) in [5, 5.41) is 4.79. The van der Waals surface area contributed by atoms with E-state index in [1.54, 1.807) is 0 Å². The van der Waals surface area contributed by atoms with Crippen molar-refractivity contribution in [3.05, 3.63) is 82.5 Å². The van der Waals surface area contributed by atoms with Gasteiger partial charge in [-0.1, -0.05) is 61.0 Å². The molecule has 1 aliphatic rings. The molecule has 1 N–H and O–H groups in total. The van der Waals surface area contributed by atoms with Crippen molar-refractivity contribution in [2.45, 2.75) is 32.4 Å². The Balaban J connectivity index is 1.54. The first-order valence-electron chi connectivity index (χ1n) is 9.75. The lowest BCUT2D eigenvalue weighted by molar-refractivity contribution is 0.169. The van der Waals surface area contributed by atoms with Crippen LogP contribution in [0.3, 0.4) is 0 Å². The van der Waals surface area contributed by atoms with Crippen LogP contribution >= 0.6 is 11.6 Å². The molecule has 0 unspecified atom stereocenters. The molecular weight excluding hydrogens is 352 g/mol. The van der Waals surface area contributed by atoms with E-state index in [4.69, 9.17) is 11.6 Å². The van der Waals surface area contributed by atoms with Crippen LogP contribution in [0.4, 0.5) is 0 Å². The van der Waals surface area contributed by atoms with Crippen LogP contribution in [0.25, 0.3) is 21.7 Å². The zero-order chi connectivity index (χ0) is 18.4. The highest BCUT2D eigenvalue weighted by Crippen LogP contribution is 2.38. The summed E-state index contributed by atoms with van der Waals surface area (Å²) >= 11 is 6.26. The second-order valence-corrected chi connectivity index (χ2v) is 7.93. The standard InChI is InChI=1S/C24H23ClN2/c1-2-23-24-20(21-14-18(25)10-11-22(21)26-24)12-13-27(23)15-17-8-5-7-16-6-3-4-9-19(16)17/h3-11,14,23,26H,2,12-13,15H2,1H3/t23-/m1/s1. The third kappa shape index (κ3) is 2.84. The van der Waals surface area contributed by atoms with E-state index < -0.39 is 0 Å². The Morgan fingerprint density at radius 3 is 2.78 bits per heavy atom. The van der Waals surface area contributed by atoms with Crippen LogP contribution in [0.1, 0.15) is 36.2 Å². The third-order valence-corrected chi connectivity index (χ3v) is 6.20. The lowest BCUT2D eigenvalue weighted by Gasteiger charge is -2.35. The molecule has 3 heteroatoms. The number of halogens is 1. The van der Waals surface area contributed by atoms with Crippen LogP contribution in [0.2, 0.25) is 5.02 Å². The van der Waals surface area contributed by atoms with Crippen LogP contribution in [0.15, 0.2) is 60.7 Å². The van der Waals surface area contributed by atoms with E-state index in [9.17, 15) is 0 Å². The molecule has 4 aromatic rings. The van der Waals surface area contributed by atoms with Gasteiger partial charge in [-0.05, 0) is 52.9 Å². The molecule has 0 saturated heterocycles. The normalized spacial score (nSPS) is 17.5. The first-order valence-corrected chi connectivity index (χ1v) is 10.1. The lowest BCUT2D eigenvalue weighted by Crippen LogP contribution is -2.34. The maximum absolute atomic E-state index is 6.26. The van der Waals surface area contributed by atoms with Crippen LogP contribution in [-0.4, -0.2) is 16.4 Å². The van der Waals surface area contributed by atoms with Crippen molar-refractivity contribution in [1.29, 1.82) is 0 Å². The second-order valence-electron chi connectivity index (χ2n) is 7.49. The summed E-state index contributed by atoms with van der Waals surface area (Å²) in [6, 6.07) is 22.0. The molecule has 1 aromatic heterocycles. The molecule has 3 aromatic carbocycles. The van der Waals surface area contributed by atoms with Gasteiger partial charge in [0.15, 0.2) is 0 Å². The summed E-state index contributed by atoms with van der Waals surface area (Å²) in [4.78, 5) is 6.32. The smallest absolute Gasteiger partial charge is 0.0502 e. The number of benzene rings is 3. The zero-order valence-corrected chi connectivity index (χ0v) is 16.3. The van der Waals surface area contributed by atoms with Crippen molar-refractivity contribution in [1.82, 2.24) is 9.88 Å². The van der Waals surface area contributed by atoms with Gasteiger partial charge in [0.25, 0.3) is 0 Å². The number of nitrogens with one attached hydrogen (secondary N) is 1. The van der Waals surface area contributed by atoms with E-state index in [-0.39, 0.29) is 0 Å². The van der Waals surface area contributed by atoms with E-state index in [1.807, 2.05) is 6.07 Å². The van der Waals surface area contributed by atoms with Crippen molar-refractivity contribution >= 4 is 33.3 Å². The van der Waals surface area contributed by atoms with E-state index in [0.717, 1.165) is 31.0 Å². The summed E-state index contributed by atoms with van der Waals surface area (Å²) in [5.74, 6) is 0. The Morgan fingerprint density at radius 2 is 1.89 bits per heavy atom. The van der Waals surface area contributed by atoms with Gasteiger partial charge in [0.1, 0.15) is 0 Å². The molecule has 1 aliphatic heterocycles. The molecule has 0 bridgehead atoms. The van der Waals surface area contributed by atoms with Gasteiger partial charge in [0, 0.05) is 34.7 Å². The largest absolute Gasteiger partial charge is 0.357 e. The summed E-state index contributed by atoms with van der Waals surface area (Å²) < 4.78 is 0. The van der Waals surface area contributed by atoms with Crippen molar-refractivity contribution in [3.63, 3.8) is 0 Å². The summed E-state index contributed by atoms with van der Waals surface area (Å²) in [7, 11) is 0. The van der Waals surface area contributed by atoms with Crippen LogP contribution in [-0.2, 0) is 13.0 Å². The van der Waals surface area contributed by atoms with Crippen molar-refractivity contribution < 1.29 is 0 Å². The van der Waals surface area contributed by atoms with Gasteiger partial charge in [-0.15, -0.1) is 0 Å². The van der Waals surface area contributed by atoms with E-state index in [2.05, 4.69) is 71.4 Å². The summed E-state index contributed by atoms with van der Waals surface area (Å²) in [6.45, 7) is 4.35. The lowest BCUT2D eigenvalue weighted by atomic mass is 9.94. The van der Waals surface area contributed by atoms with E-state index in [1.165, 1.54) is 38.5 Å². The Morgan fingerprint density at radius 1 is 1.04 bits per heavy atom. The highest BCUT2D eigenvalue weighted by molar-refractivity contribution is 6.31. The fraction of sp³-hybridized carbons (Fsp3) is 0.250. The molecule has 136 valence electrons. The Hall–Kier alpha value is -2.29. The van der Waals surface area contributed by atoms with Crippen molar-refractivity contribution in [2.24, 2.45) is 0 Å². The minimum Gasteiger partial charge on any atom is -0.357 e. The maximum atomic E-state index is 6.26.